The Balaban J connectivity index is 1.45. The second kappa shape index (κ2) is 7.33. The van der Waals surface area contributed by atoms with Gasteiger partial charge in [0.15, 0.2) is 0 Å². The molecular formula is C18H17FN2OS. The summed E-state index contributed by atoms with van der Waals surface area (Å²) in [5, 5.41) is 3.80. The van der Waals surface area contributed by atoms with Crippen LogP contribution in [0.25, 0.3) is 10.2 Å². The van der Waals surface area contributed by atoms with Crippen molar-refractivity contribution in [3.8, 4) is 0 Å². The summed E-state index contributed by atoms with van der Waals surface area (Å²) in [6.07, 6.45) is 1.53. The summed E-state index contributed by atoms with van der Waals surface area (Å²) >= 11 is 1.62. The molecule has 0 aliphatic rings. The Kier molecular flexibility index (Phi) is 4.98. The van der Waals surface area contributed by atoms with Crippen molar-refractivity contribution in [3.05, 3.63) is 64.9 Å². The topological polar surface area (TPSA) is 42.0 Å². The predicted octanol–water partition coefficient (Wildman–Crippen LogP) is 3.73. The summed E-state index contributed by atoms with van der Waals surface area (Å²) in [5.74, 6) is -0.253. The molecular weight excluding hydrogens is 311 g/mol. The normalized spacial score (nSPS) is 10.8. The minimum absolute atomic E-state index is 0.0272. The third-order valence-electron chi connectivity index (χ3n) is 3.58. The molecule has 1 amide bonds. The van der Waals surface area contributed by atoms with Gasteiger partial charge in [0.2, 0.25) is 5.91 Å². The van der Waals surface area contributed by atoms with E-state index in [1.54, 1.807) is 29.5 Å². The number of thiazole rings is 1. The number of aryl methyl sites for hydroxylation is 1. The Bertz CT molecular complexity index is 782. The number of aromatic nitrogens is 1. The van der Waals surface area contributed by atoms with Crippen molar-refractivity contribution in [2.24, 2.45) is 0 Å². The van der Waals surface area contributed by atoms with Crippen LogP contribution in [0.4, 0.5) is 4.39 Å². The molecule has 2 aromatic carbocycles. The van der Waals surface area contributed by atoms with E-state index < -0.39 is 0 Å². The van der Waals surface area contributed by atoms with Crippen molar-refractivity contribution in [2.45, 2.75) is 19.3 Å². The lowest BCUT2D eigenvalue weighted by atomic mass is 10.1. The number of nitrogens with zero attached hydrogens (tertiary/aromatic N) is 1. The average molecular weight is 328 g/mol. The Morgan fingerprint density at radius 3 is 2.70 bits per heavy atom. The third-order valence-corrected chi connectivity index (χ3v) is 4.67. The monoisotopic (exact) mass is 328 g/mol. The first-order valence-corrected chi connectivity index (χ1v) is 8.38. The van der Waals surface area contributed by atoms with Crippen LogP contribution in [0.15, 0.2) is 48.5 Å². The van der Waals surface area contributed by atoms with Gasteiger partial charge in [-0.1, -0.05) is 30.3 Å². The predicted molar refractivity (Wildman–Crippen MR) is 91.1 cm³/mol. The number of carbonyl (C=O) groups is 1. The van der Waals surface area contributed by atoms with Crippen LogP contribution in [-0.4, -0.2) is 17.4 Å². The number of halogens is 1. The van der Waals surface area contributed by atoms with Gasteiger partial charge in [-0.25, -0.2) is 9.37 Å². The van der Waals surface area contributed by atoms with E-state index in [9.17, 15) is 9.18 Å². The van der Waals surface area contributed by atoms with Gasteiger partial charge in [-0.3, -0.25) is 4.79 Å². The van der Waals surface area contributed by atoms with Crippen molar-refractivity contribution in [1.82, 2.24) is 10.3 Å². The minimum Gasteiger partial charge on any atom is -0.356 e. The standard InChI is InChI=1S/C18H17FN2OS/c19-14-6-2-1-5-13(14)11-12-20-17(22)9-10-18-21-15-7-3-4-8-16(15)23-18/h1-8H,9-12H2,(H,20,22). The highest BCUT2D eigenvalue weighted by Crippen LogP contribution is 2.22. The van der Waals surface area contributed by atoms with Crippen LogP contribution in [0.3, 0.4) is 0 Å². The van der Waals surface area contributed by atoms with Crippen LogP contribution >= 0.6 is 11.3 Å². The molecule has 0 aliphatic heterocycles. The van der Waals surface area contributed by atoms with E-state index in [-0.39, 0.29) is 11.7 Å². The fourth-order valence-electron chi connectivity index (χ4n) is 2.37. The highest BCUT2D eigenvalue weighted by Gasteiger charge is 2.07. The van der Waals surface area contributed by atoms with Gasteiger partial charge in [0.1, 0.15) is 5.82 Å². The van der Waals surface area contributed by atoms with Crippen LogP contribution < -0.4 is 5.32 Å². The number of benzene rings is 2. The third kappa shape index (κ3) is 4.13. The lowest BCUT2D eigenvalue weighted by Gasteiger charge is -2.05. The molecule has 1 aromatic heterocycles. The molecule has 1 N–H and O–H groups in total. The molecule has 0 saturated carbocycles. The molecule has 118 valence electrons. The van der Waals surface area contributed by atoms with Gasteiger partial charge in [0.25, 0.3) is 0 Å². The molecule has 3 rings (SSSR count). The largest absolute Gasteiger partial charge is 0.356 e. The number of amides is 1. The first-order valence-electron chi connectivity index (χ1n) is 7.57. The fourth-order valence-corrected chi connectivity index (χ4v) is 3.34. The van der Waals surface area contributed by atoms with Crippen LogP contribution in [0, 0.1) is 5.82 Å². The summed E-state index contributed by atoms with van der Waals surface area (Å²) < 4.78 is 14.6. The van der Waals surface area contributed by atoms with Gasteiger partial charge >= 0.3 is 0 Å². The average Bonchev–Trinajstić information content (AvgIpc) is 2.98. The maximum Gasteiger partial charge on any atom is 0.220 e. The zero-order valence-corrected chi connectivity index (χ0v) is 13.4. The van der Waals surface area contributed by atoms with Crippen LogP contribution in [0.1, 0.15) is 17.0 Å². The number of para-hydroxylation sites is 1. The van der Waals surface area contributed by atoms with Gasteiger partial charge in [-0.2, -0.15) is 0 Å². The molecule has 0 spiro atoms. The van der Waals surface area contributed by atoms with Gasteiger partial charge in [-0.05, 0) is 30.2 Å². The molecule has 0 fully saturated rings. The second-order valence-corrected chi connectivity index (χ2v) is 6.38. The number of hydrogen-bond acceptors (Lipinski definition) is 3. The van der Waals surface area contributed by atoms with E-state index in [4.69, 9.17) is 0 Å². The van der Waals surface area contributed by atoms with Crippen LogP contribution in [0.2, 0.25) is 0 Å². The first-order chi connectivity index (χ1) is 11.2. The number of fused-ring (bicyclic) bond motifs is 1. The van der Waals surface area contributed by atoms with Crippen molar-refractivity contribution in [1.29, 1.82) is 0 Å². The molecule has 0 radical (unpaired) electrons. The van der Waals surface area contributed by atoms with E-state index in [0.717, 1.165) is 15.2 Å². The van der Waals surface area contributed by atoms with Gasteiger partial charge < -0.3 is 5.32 Å². The van der Waals surface area contributed by atoms with Gasteiger partial charge in [0.05, 0.1) is 15.2 Å². The van der Waals surface area contributed by atoms with Crippen LogP contribution in [-0.2, 0) is 17.6 Å². The summed E-state index contributed by atoms with van der Waals surface area (Å²) in [6.45, 7) is 0.444. The van der Waals surface area contributed by atoms with E-state index in [1.807, 2.05) is 24.3 Å². The molecule has 3 nitrogen and oxygen atoms in total. The van der Waals surface area contributed by atoms with Gasteiger partial charge in [-0.15, -0.1) is 11.3 Å². The quantitative estimate of drug-likeness (QED) is 0.749. The fraction of sp³-hybridized carbons (Fsp3) is 0.222. The smallest absolute Gasteiger partial charge is 0.220 e. The molecule has 0 saturated heterocycles. The lowest BCUT2D eigenvalue weighted by Crippen LogP contribution is -2.26. The lowest BCUT2D eigenvalue weighted by molar-refractivity contribution is -0.121. The van der Waals surface area contributed by atoms with Crippen molar-refractivity contribution >= 4 is 27.5 Å². The van der Waals surface area contributed by atoms with E-state index >= 15 is 0 Å². The number of rotatable bonds is 6. The number of carbonyl (C=O) groups excluding carboxylic acids is 1. The summed E-state index contributed by atoms with van der Waals surface area (Å²) in [7, 11) is 0. The maximum absolute atomic E-state index is 13.5. The Hall–Kier alpha value is -2.27. The molecule has 23 heavy (non-hydrogen) atoms. The highest BCUT2D eigenvalue weighted by atomic mass is 32.1. The highest BCUT2D eigenvalue weighted by molar-refractivity contribution is 7.18. The maximum atomic E-state index is 13.5. The Labute approximate surface area is 138 Å². The Morgan fingerprint density at radius 1 is 1.09 bits per heavy atom. The number of hydrogen-bond donors (Lipinski definition) is 1. The summed E-state index contributed by atoms with van der Waals surface area (Å²) in [6, 6.07) is 14.6. The molecule has 0 bridgehead atoms. The van der Waals surface area contributed by atoms with Crippen LogP contribution in [0.5, 0.6) is 0 Å². The molecule has 5 heteroatoms. The van der Waals surface area contributed by atoms with Crippen molar-refractivity contribution < 1.29 is 9.18 Å². The molecule has 0 atom stereocenters. The van der Waals surface area contributed by atoms with Crippen molar-refractivity contribution in [2.75, 3.05) is 6.54 Å². The van der Waals surface area contributed by atoms with E-state index in [0.29, 0.717) is 31.4 Å². The molecule has 0 unspecified atom stereocenters. The van der Waals surface area contributed by atoms with E-state index in [2.05, 4.69) is 10.3 Å². The zero-order valence-electron chi connectivity index (χ0n) is 12.6. The molecule has 0 aliphatic carbocycles. The zero-order chi connectivity index (χ0) is 16.1. The first kappa shape index (κ1) is 15.6. The molecule has 3 aromatic rings. The SMILES string of the molecule is O=C(CCc1nc2ccccc2s1)NCCc1ccccc1F. The minimum atomic E-state index is -0.226. The Morgan fingerprint density at radius 2 is 1.87 bits per heavy atom. The molecule has 1 heterocycles. The van der Waals surface area contributed by atoms with Crippen molar-refractivity contribution in [3.63, 3.8) is 0 Å². The van der Waals surface area contributed by atoms with E-state index in [1.165, 1.54) is 6.07 Å². The summed E-state index contributed by atoms with van der Waals surface area (Å²) in [5.41, 5.74) is 1.60. The number of nitrogens with one attached hydrogen (secondary N) is 1. The second-order valence-electron chi connectivity index (χ2n) is 5.27. The summed E-state index contributed by atoms with van der Waals surface area (Å²) in [4.78, 5) is 16.4. The van der Waals surface area contributed by atoms with Gasteiger partial charge in [0, 0.05) is 19.4 Å².